The molecule has 1 aliphatic rings. The molecule has 0 saturated carbocycles. The van der Waals surface area contributed by atoms with Crippen molar-refractivity contribution < 1.29 is 23.6 Å². The van der Waals surface area contributed by atoms with E-state index in [0.717, 1.165) is 4.47 Å². The molecule has 1 aliphatic heterocycles. The van der Waals surface area contributed by atoms with Gasteiger partial charge in [0.1, 0.15) is 11.5 Å². The lowest BCUT2D eigenvalue weighted by Crippen LogP contribution is -2.31. The normalized spacial score (nSPS) is 15.0. The van der Waals surface area contributed by atoms with E-state index in [9.17, 15) is 23.6 Å². The molecule has 1 heterocycles. The first-order valence-corrected chi connectivity index (χ1v) is 15.4. The third-order valence-electron chi connectivity index (χ3n) is 6.36. The molecule has 7 nitrogen and oxygen atoms in total. The fourth-order valence-electron chi connectivity index (χ4n) is 4.31. The number of hydrogen-bond donors (Lipinski definition) is 2. The van der Waals surface area contributed by atoms with Crippen LogP contribution >= 0.6 is 43.6 Å². The molecular weight excluding hydrogens is 701 g/mol. The van der Waals surface area contributed by atoms with Crippen LogP contribution in [0, 0.1) is 5.82 Å². The largest absolute Gasteiger partial charge is 0.321 e. The van der Waals surface area contributed by atoms with Crippen molar-refractivity contribution in [3.05, 3.63) is 129 Å². The summed E-state index contributed by atoms with van der Waals surface area (Å²) in [5.74, 6) is -2.42. The summed E-state index contributed by atoms with van der Waals surface area (Å²) in [6, 6.07) is 26.2. The molecule has 1 unspecified atom stereocenters. The van der Waals surface area contributed by atoms with Gasteiger partial charge in [0.05, 0.1) is 10.9 Å². The Bertz CT molecular complexity index is 1770. The molecule has 0 radical (unpaired) electrons. The maximum atomic E-state index is 14.4. The fourth-order valence-corrected chi connectivity index (χ4v) is 6.65. The van der Waals surface area contributed by atoms with Crippen LogP contribution in [-0.4, -0.2) is 28.9 Å². The van der Waals surface area contributed by atoms with Gasteiger partial charge in [-0.1, -0.05) is 58.4 Å². The van der Waals surface area contributed by atoms with E-state index in [1.165, 1.54) is 40.9 Å². The number of imide groups is 1. The number of nitrogens with one attached hydrogen (secondary N) is 2. The monoisotopic (exact) mass is 721 g/mol. The van der Waals surface area contributed by atoms with E-state index in [1.54, 1.807) is 78.9 Å². The number of thioether (sulfide) groups is 1. The minimum atomic E-state index is -0.673. The Balaban J connectivity index is 1.34. The second kappa shape index (κ2) is 13.5. The fraction of sp³-hybridized carbons (Fsp3) is 0.0625. The number of halogens is 3. The molecule has 11 heteroatoms. The summed E-state index contributed by atoms with van der Waals surface area (Å²) in [7, 11) is 0. The van der Waals surface area contributed by atoms with Gasteiger partial charge in [-0.2, -0.15) is 0 Å². The van der Waals surface area contributed by atoms with E-state index < -0.39 is 22.9 Å². The van der Waals surface area contributed by atoms with E-state index in [-0.39, 0.29) is 29.5 Å². The Kier molecular flexibility index (Phi) is 9.54. The number of nitrogens with zero attached hydrogens (tertiary/aromatic N) is 1. The first-order valence-electron chi connectivity index (χ1n) is 12.9. The number of amides is 4. The SMILES string of the molecule is O=C(Nc1cccc(SC2CC(=O)N(c3ccc(Br)cc3Br)C2=O)c1)/C(=C/c1ccccc1F)NC(=O)c1ccccc1. The molecule has 0 aromatic heterocycles. The van der Waals surface area contributed by atoms with E-state index in [2.05, 4.69) is 42.5 Å². The van der Waals surface area contributed by atoms with Crippen LogP contribution in [0.1, 0.15) is 22.3 Å². The minimum Gasteiger partial charge on any atom is -0.321 e. The smallest absolute Gasteiger partial charge is 0.272 e. The second-order valence-electron chi connectivity index (χ2n) is 9.36. The Hall–Kier alpha value is -4.06. The standard InChI is InChI=1S/C32H22Br2FN3O4S/c33-21-13-14-27(24(34)16-21)38-29(39)18-28(32(38)42)43-23-11-6-10-22(17-23)36-31(41)26(15-20-9-4-5-12-25(20)35)37-30(40)19-7-2-1-3-8-19/h1-17,28H,18H2,(H,36,41)(H,37,40)/b26-15-. The lowest BCUT2D eigenvalue weighted by molar-refractivity contribution is -0.121. The Morgan fingerprint density at radius 1 is 0.907 bits per heavy atom. The number of benzene rings is 4. The van der Waals surface area contributed by atoms with Crippen LogP contribution in [0.5, 0.6) is 0 Å². The van der Waals surface area contributed by atoms with Crippen LogP contribution in [0.25, 0.3) is 6.08 Å². The van der Waals surface area contributed by atoms with E-state index >= 15 is 0 Å². The highest BCUT2D eigenvalue weighted by Gasteiger charge is 2.41. The first kappa shape index (κ1) is 30.4. The van der Waals surface area contributed by atoms with Crippen LogP contribution in [0.2, 0.25) is 0 Å². The molecule has 43 heavy (non-hydrogen) atoms. The number of carbonyl (C=O) groups excluding carboxylic acids is 4. The maximum absolute atomic E-state index is 14.4. The first-order chi connectivity index (χ1) is 20.7. The molecule has 2 N–H and O–H groups in total. The van der Waals surface area contributed by atoms with Gasteiger partial charge in [-0.05, 0) is 76.6 Å². The summed E-state index contributed by atoms with van der Waals surface area (Å²) in [5.41, 5.74) is 1.14. The summed E-state index contributed by atoms with van der Waals surface area (Å²) >= 11 is 8.00. The summed E-state index contributed by atoms with van der Waals surface area (Å²) in [6.07, 6.45) is 1.28. The molecule has 1 atom stereocenters. The van der Waals surface area contributed by atoms with Gasteiger partial charge in [0.25, 0.3) is 11.8 Å². The molecule has 0 aliphatic carbocycles. The van der Waals surface area contributed by atoms with Gasteiger partial charge < -0.3 is 10.6 Å². The molecular formula is C32H22Br2FN3O4S. The zero-order chi connectivity index (χ0) is 30.5. The van der Waals surface area contributed by atoms with Crippen LogP contribution in [0.15, 0.2) is 117 Å². The van der Waals surface area contributed by atoms with Crippen molar-refractivity contribution >= 4 is 84.7 Å². The van der Waals surface area contributed by atoms with Crippen molar-refractivity contribution in [2.45, 2.75) is 16.6 Å². The minimum absolute atomic E-state index is 0.0175. The summed E-state index contributed by atoms with van der Waals surface area (Å²) in [4.78, 5) is 54.1. The summed E-state index contributed by atoms with van der Waals surface area (Å²) in [5, 5.41) is 4.67. The van der Waals surface area contributed by atoms with Crippen molar-refractivity contribution in [1.29, 1.82) is 0 Å². The van der Waals surface area contributed by atoms with Crippen molar-refractivity contribution in [3.63, 3.8) is 0 Å². The third-order valence-corrected chi connectivity index (χ3v) is 8.67. The van der Waals surface area contributed by atoms with Crippen LogP contribution < -0.4 is 15.5 Å². The molecule has 4 amide bonds. The second-order valence-corrected chi connectivity index (χ2v) is 12.4. The van der Waals surface area contributed by atoms with Crippen molar-refractivity contribution in [2.75, 3.05) is 10.2 Å². The third kappa shape index (κ3) is 7.30. The quantitative estimate of drug-likeness (QED) is 0.148. The topological polar surface area (TPSA) is 95.6 Å². The number of rotatable bonds is 8. The molecule has 4 aromatic carbocycles. The van der Waals surface area contributed by atoms with Crippen molar-refractivity contribution in [1.82, 2.24) is 5.32 Å². The Morgan fingerprint density at radius 2 is 1.65 bits per heavy atom. The van der Waals surface area contributed by atoms with E-state index in [0.29, 0.717) is 26.3 Å². The number of hydrogen-bond acceptors (Lipinski definition) is 5. The van der Waals surface area contributed by atoms with Crippen molar-refractivity contribution in [2.24, 2.45) is 0 Å². The predicted molar refractivity (Wildman–Crippen MR) is 172 cm³/mol. The van der Waals surface area contributed by atoms with Crippen LogP contribution in [0.3, 0.4) is 0 Å². The van der Waals surface area contributed by atoms with Crippen LogP contribution in [-0.2, 0) is 14.4 Å². The molecule has 1 fully saturated rings. The maximum Gasteiger partial charge on any atom is 0.272 e. The van der Waals surface area contributed by atoms with Crippen molar-refractivity contribution in [3.8, 4) is 0 Å². The van der Waals surface area contributed by atoms with Gasteiger partial charge in [0, 0.05) is 37.1 Å². The zero-order valence-electron chi connectivity index (χ0n) is 22.2. The number of carbonyl (C=O) groups is 4. The van der Waals surface area contributed by atoms with Gasteiger partial charge in [0.2, 0.25) is 11.8 Å². The molecule has 4 aromatic rings. The average Bonchev–Trinajstić information content (AvgIpc) is 3.26. The van der Waals surface area contributed by atoms with Gasteiger partial charge in [0.15, 0.2) is 0 Å². The van der Waals surface area contributed by atoms with Crippen LogP contribution in [0.4, 0.5) is 15.8 Å². The highest BCUT2D eigenvalue weighted by molar-refractivity contribution is 9.11. The lowest BCUT2D eigenvalue weighted by atomic mass is 10.1. The highest BCUT2D eigenvalue weighted by atomic mass is 79.9. The molecule has 0 spiro atoms. The summed E-state index contributed by atoms with van der Waals surface area (Å²) < 4.78 is 15.8. The Morgan fingerprint density at radius 3 is 2.40 bits per heavy atom. The summed E-state index contributed by atoms with van der Waals surface area (Å²) in [6.45, 7) is 0. The molecule has 216 valence electrons. The Labute approximate surface area is 267 Å². The van der Waals surface area contributed by atoms with Gasteiger partial charge in [-0.25, -0.2) is 9.29 Å². The number of anilines is 2. The predicted octanol–water partition coefficient (Wildman–Crippen LogP) is 7.18. The zero-order valence-corrected chi connectivity index (χ0v) is 26.2. The molecule has 0 bridgehead atoms. The molecule has 5 rings (SSSR count). The highest BCUT2D eigenvalue weighted by Crippen LogP contribution is 2.38. The van der Waals surface area contributed by atoms with Gasteiger partial charge >= 0.3 is 0 Å². The van der Waals surface area contributed by atoms with Gasteiger partial charge in [-0.15, -0.1) is 11.8 Å². The van der Waals surface area contributed by atoms with Gasteiger partial charge in [-0.3, -0.25) is 19.2 Å². The van der Waals surface area contributed by atoms with E-state index in [1.807, 2.05) is 0 Å². The van der Waals surface area contributed by atoms with E-state index in [4.69, 9.17) is 0 Å². The lowest BCUT2D eigenvalue weighted by Gasteiger charge is -2.17. The molecule has 1 saturated heterocycles. The average molecular weight is 723 g/mol.